The van der Waals surface area contributed by atoms with Crippen LogP contribution < -0.4 is 10.6 Å². The fourth-order valence-electron chi connectivity index (χ4n) is 2.72. The SMILES string of the molecule is O=C(NCCc1ccc(Cl)cc1)C(=O)NC[C@H](c1cccs1)S(=O)(=O)c1cccs1. The van der Waals surface area contributed by atoms with Crippen LogP contribution in [0, 0.1) is 0 Å². The third kappa shape index (κ3) is 5.69. The van der Waals surface area contributed by atoms with Crippen molar-refractivity contribution in [2.45, 2.75) is 15.9 Å². The lowest BCUT2D eigenvalue weighted by molar-refractivity contribution is -0.139. The Kier molecular flexibility index (Phi) is 7.65. The molecule has 1 atom stereocenters. The first-order valence-corrected chi connectivity index (χ1v) is 12.7. The summed E-state index contributed by atoms with van der Waals surface area (Å²) in [6.45, 7) is 0.0833. The molecule has 0 aliphatic rings. The predicted octanol–water partition coefficient (Wildman–Crippen LogP) is 3.45. The molecule has 158 valence electrons. The molecule has 2 amide bonds. The standard InChI is InChI=1S/C20H19ClN2O4S3/c21-15-7-5-14(6-8-15)9-10-22-19(24)20(25)23-13-17(16-3-1-11-28-16)30(26,27)18-4-2-12-29-18/h1-8,11-12,17H,9-10,13H2,(H,22,24)(H,23,25)/t17-/m1/s1. The second kappa shape index (κ2) is 10.2. The summed E-state index contributed by atoms with van der Waals surface area (Å²) in [5, 5.41) is 8.13. The molecule has 3 aromatic rings. The normalized spacial score (nSPS) is 12.3. The average molecular weight is 483 g/mol. The summed E-state index contributed by atoms with van der Waals surface area (Å²) >= 11 is 8.25. The highest BCUT2D eigenvalue weighted by Gasteiger charge is 2.31. The zero-order valence-corrected chi connectivity index (χ0v) is 18.9. The van der Waals surface area contributed by atoms with Crippen molar-refractivity contribution in [3.63, 3.8) is 0 Å². The lowest BCUT2D eigenvalue weighted by atomic mass is 10.1. The minimum Gasteiger partial charge on any atom is -0.348 e. The molecule has 2 heterocycles. The van der Waals surface area contributed by atoms with E-state index in [0.717, 1.165) is 16.9 Å². The molecule has 3 rings (SSSR count). The van der Waals surface area contributed by atoms with Crippen LogP contribution in [0.1, 0.15) is 15.7 Å². The van der Waals surface area contributed by atoms with Gasteiger partial charge in [0.1, 0.15) is 9.46 Å². The summed E-state index contributed by atoms with van der Waals surface area (Å²) in [4.78, 5) is 24.9. The van der Waals surface area contributed by atoms with Gasteiger partial charge in [0, 0.05) is 23.0 Å². The van der Waals surface area contributed by atoms with Crippen LogP contribution in [-0.4, -0.2) is 33.3 Å². The fourth-order valence-corrected chi connectivity index (χ4v) is 6.84. The highest BCUT2D eigenvalue weighted by molar-refractivity contribution is 7.93. The molecule has 1 aromatic carbocycles. The molecule has 0 unspecified atom stereocenters. The van der Waals surface area contributed by atoms with Gasteiger partial charge in [0.2, 0.25) is 0 Å². The molecule has 0 aliphatic carbocycles. The molecule has 10 heteroatoms. The number of amides is 2. The van der Waals surface area contributed by atoms with Gasteiger partial charge in [0.15, 0.2) is 9.84 Å². The minimum atomic E-state index is -3.69. The first-order valence-electron chi connectivity index (χ1n) is 8.99. The van der Waals surface area contributed by atoms with Gasteiger partial charge in [-0.3, -0.25) is 9.59 Å². The van der Waals surface area contributed by atoms with Gasteiger partial charge < -0.3 is 10.6 Å². The van der Waals surface area contributed by atoms with Gasteiger partial charge in [-0.15, -0.1) is 22.7 Å². The topological polar surface area (TPSA) is 92.3 Å². The largest absolute Gasteiger partial charge is 0.348 e. The van der Waals surface area contributed by atoms with Crippen molar-refractivity contribution in [3.05, 3.63) is 74.8 Å². The fraction of sp³-hybridized carbons (Fsp3) is 0.200. The maximum atomic E-state index is 13.0. The first-order chi connectivity index (χ1) is 14.4. The van der Waals surface area contributed by atoms with Crippen molar-refractivity contribution in [1.29, 1.82) is 0 Å². The second-order valence-electron chi connectivity index (χ2n) is 6.32. The van der Waals surface area contributed by atoms with Crippen LogP contribution in [0.15, 0.2) is 63.5 Å². The Labute approximate surface area is 187 Å². The average Bonchev–Trinajstić information content (AvgIpc) is 3.44. The highest BCUT2D eigenvalue weighted by atomic mass is 35.5. The van der Waals surface area contributed by atoms with E-state index in [1.807, 2.05) is 12.1 Å². The molecule has 2 aromatic heterocycles. The van der Waals surface area contributed by atoms with Crippen LogP contribution in [0.5, 0.6) is 0 Å². The quantitative estimate of drug-likeness (QED) is 0.481. The van der Waals surface area contributed by atoms with Crippen LogP contribution in [0.25, 0.3) is 0 Å². The monoisotopic (exact) mass is 482 g/mol. The van der Waals surface area contributed by atoms with E-state index in [0.29, 0.717) is 16.3 Å². The Balaban J connectivity index is 1.57. The molecule has 6 nitrogen and oxygen atoms in total. The highest BCUT2D eigenvalue weighted by Crippen LogP contribution is 2.33. The van der Waals surface area contributed by atoms with E-state index in [4.69, 9.17) is 11.6 Å². The molecule has 2 N–H and O–H groups in total. The molecular formula is C20H19ClN2O4S3. The number of carbonyl (C=O) groups is 2. The molecule has 0 saturated carbocycles. The van der Waals surface area contributed by atoms with Crippen molar-refractivity contribution in [3.8, 4) is 0 Å². The smallest absolute Gasteiger partial charge is 0.309 e. The van der Waals surface area contributed by atoms with Crippen molar-refractivity contribution in [1.82, 2.24) is 10.6 Å². The number of thiophene rings is 2. The van der Waals surface area contributed by atoms with Gasteiger partial charge in [0.05, 0.1) is 0 Å². The van der Waals surface area contributed by atoms with Gasteiger partial charge in [-0.25, -0.2) is 8.42 Å². The van der Waals surface area contributed by atoms with Gasteiger partial charge in [-0.1, -0.05) is 35.9 Å². The zero-order chi connectivity index (χ0) is 21.6. The Hall–Kier alpha value is -2.20. The molecule has 30 heavy (non-hydrogen) atoms. The lowest BCUT2D eigenvalue weighted by Crippen LogP contribution is -2.42. The van der Waals surface area contributed by atoms with E-state index in [1.54, 1.807) is 41.1 Å². The van der Waals surface area contributed by atoms with Gasteiger partial charge >= 0.3 is 11.8 Å². The van der Waals surface area contributed by atoms with Crippen LogP contribution in [0.3, 0.4) is 0 Å². The molecule has 0 radical (unpaired) electrons. The van der Waals surface area contributed by atoms with E-state index >= 15 is 0 Å². The van der Waals surface area contributed by atoms with E-state index in [2.05, 4.69) is 10.6 Å². The molecule has 0 fully saturated rings. The molecule has 0 bridgehead atoms. The van der Waals surface area contributed by atoms with E-state index in [1.165, 1.54) is 17.4 Å². The Bertz CT molecular complexity index is 1080. The third-order valence-corrected chi connectivity index (χ3v) is 9.18. The predicted molar refractivity (Wildman–Crippen MR) is 120 cm³/mol. The second-order valence-corrected chi connectivity index (χ2v) is 11.0. The van der Waals surface area contributed by atoms with Crippen LogP contribution in [-0.2, 0) is 25.8 Å². The molecular weight excluding hydrogens is 464 g/mol. The minimum absolute atomic E-state index is 0.190. The number of benzene rings is 1. The number of halogens is 1. The van der Waals surface area contributed by atoms with Crippen molar-refractivity contribution in [2.24, 2.45) is 0 Å². The van der Waals surface area contributed by atoms with E-state index in [9.17, 15) is 18.0 Å². The Morgan fingerprint density at radius 1 is 0.933 bits per heavy atom. The number of carbonyl (C=O) groups excluding carboxylic acids is 2. The summed E-state index contributed by atoms with van der Waals surface area (Å²) in [7, 11) is -3.69. The third-order valence-electron chi connectivity index (χ3n) is 4.28. The van der Waals surface area contributed by atoms with E-state index in [-0.39, 0.29) is 17.3 Å². The maximum Gasteiger partial charge on any atom is 0.309 e. The number of rotatable bonds is 8. The van der Waals surface area contributed by atoms with Gasteiger partial charge in [0.25, 0.3) is 0 Å². The molecule has 0 spiro atoms. The van der Waals surface area contributed by atoms with Gasteiger partial charge in [-0.2, -0.15) is 0 Å². The zero-order valence-electron chi connectivity index (χ0n) is 15.7. The molecule has 0 saturated heterocycles. The summed E-state index contributed by atoms with van der Waals surface area (Å²) in [6, 6.07) is 13.8. The van der Waals surface area contributed by atoms with Crippen LogP contribution >= 0.6 is 34.3 Å². The summed E-state index contributed by atoms with van der Waals surface area (Å²) < 4.78 is 26.2. The number of hydrogen-bond donors (Lipinski definition) is 2. The first kappa shape index (κ1) is 22.5. The Morgan fingerprint density at radius 2 is 1.60 bits per heavy atom. The molecule has 0 aliphatic heterocycles. The summed E-state index contributed by atoms with van der Waals surface area (Å²) in [6.07, 6.45) is 0.542. The van der Waals surface area contributed by atoms with Crippen LogP contribution in [0.2, 0.25) is 5.02 Å². The maximum absolute atomic E-state index is 13.0. The van der Waals surface area contributed by atoms with Crippen molar-refractivity contribution < 1.29 is 18.0 Å². The number of nitrogens with one attached hydrogen (secondary N) is 2. The van der Waals surface area contributed by atoms with Crippen LogP contribution in [0.4, 0.5) is 0 Å². The number of sulfone groups is 1. The summed E-state index contributed by atoms with van der Waals surface area (Å²) in [5.41, 5.74) is 0.972. The van der Waals surface area contributed by atoms with Gasteiger partial charge in [-0.05, 0) is 47.0 Å². The lowest BCUT2D eigenvalue weighted by Gasteiger charge is -2.16. The van der Waals surface area contributed by atoms with Crippen molar-refractivity contribution >= 4 is 55.9 Å². The van der Waals surface area contributed by atoms with Crippen molar-refractivity contribution in [2.75, 3.05) is 13.1 Å². The summed E-state index contributed by atoms with van der Waals surface area (Å²) in [5.74, 6) is -1.67. The number of hydrogen-bond acceptors (Lipinski definition) is 6. The van der Waals surface area contributed by atoms with E-state index < -0.39 is 26.9 Å². The Morgan fingerprint density at radius 3 is 2.23 bits per heavy atom.